The van der Waals surface area contributed by atoms with Gasteiger partial charge in [-0.25, -0.2) is 0 Å². The molecule has 246 valence electrons. The molecule has 4 rings (SSSR count). The molecule has 9 nitrogen and oxygen atoms in total. The molecule has 0 saturated heterocycles. The number of carbonyl (C=O) groups excluding carboxylic acids is 3. The van der Waals surface area contributed by atoms with Gasteiger partial charge in [0.05, 0.1) is 30.4 Å². The highest BCUT2D eigenvalue weighted by Gasteiger charge is 2.31. The van der Waals surface area contributed by atoms with Gasteiger partial charge in [0.2, 0.25) is 5.91 Å². The van der Waals surface area contributed by atoms with Gasteiger partial charge in [-0.05, 0) is 76.3 Å². The lowest BCUT2D eigenvalue weighted by atomic mass is 9.88. The van der Waals surface area contributed by atoms with Crippen molar-refractivity contribution in [2.24, 2.45) is 11.8 Å². The second-order valence-corrected chi connectivity index (χ2v) is 12.9. The van der Waals surface area contributed by atoms with Gasteiger partial charge in [0.1, 0.15) is 5.75 Å². The third-order valence-electron chi connectivity index (χ3n) is 9.12. The van der Waals surface area contributed by atoms with Crippen LogP contribution in [0.5, 0.6) is 5.75 Å². The average Bonchev–Trinajstić information content (AvgIpc) is 3.06. The Kier molecular flexibility index (Phi) is 12.8. The normalized spacial score (nSPS) is 22.8. The van der Waals surface area contributed by atoms with Crippen molar-refractivity contribution in [2.45, 2.75) is 90.4 Å². The molecule has 1 fully saturated rings. The van der Waals surface area contributed by atoms with Gasteiger partial charge >= 0.3 is 0 Å². The van der Waals surface area contributed by atoms with Crippen LogP contribution in [-0.2, 0) is 9.53 Å². The first-order chi connectivity index (χ1) is 21.7. The van der Waals surface area contributed by atoms with Crippen molar-refractivity contribution < 1.29 is 29.0 Å². The van der Waals surface area contributed by atoms with E-state index < -0.39 is 6.04 Å². The second kappa shape index (κ2) is 16.8. The van der Waals surface area contributed by atoms with E-state index in [-0.39, 0.29) is 48.4 Å². The Hall–Kier alpha value is -3.43. The summed E-state index contributed by atoms with van der Waals surface area (Å²) in [4.78, 5) is 43.9. The van der Waals surface area contributed by atoms with Crippen LogP contribution in [0.25, 0.3) is 0 Å². The molecule has 0 bridgehead atoms. The van der Waals surface area contributed by atoms with E-state index in [1.807, 2.05) is 39.0 Å². The van der Waals surface area contributed by atoms with E-state index in [2.05, 4.69) is 5.32 Å². The van der Waals surface area contributed by atoms with E-state index in [1.165, 1.54) is 0 Å². The predicted octanol–water partition coefficient (Wildman–Crippen LogP) is 5.77. The van der Waals surface area contributed by atoms with Crippen LogP contribution in [0.3, 0.4) is 0 Å². The number of benzene rings is 2. The maximum Gasteiger partial charge on any atom is 0.258 e. The van der Waals surface area contributed by atoms with Crippen molar-refractivity contribution >= 4 is 23.4 Å². The lowest BCUT2D eigenvalue weighted by Gasteiger charge is -2.36. The summed E-state index contributed by atoms with van der Waals surface area (Å²) in [5, 5.41) is 13.3. The number of rotatable bonds is 7. The molecule has 9 heteroatoms. The van der Waals surface area contributed by atoms with E-state index >= 15 is 0 Å². The standard InChI is InChI=1S/C36H51N3O6/c1-25-22-39(26(2)24-40)36(43)31-21-30(37-34(41)28-14-7-5-8-15-28)18-19-32(31)45-27(3)13-11-12-20-44-33(25)23-38(4)35(42)29-16-9-6-10-17-29/h6,9-10,16-19,21,25-28,33,40H,5,7-8,11-15,20,22-24H2,1-4H3,(H,37,41)/t25-,26-,27+,33-/m0/s1. The zero-order valence-electron chi connectivity index (χ0n) is 27.4. The zero-order valence-corrected chi connectivity index (χ0v) is 27.4. The number of hydrogen-bond acceptors (Lipinski definition) is 6. The molecule has 0 aromatic heterocycles. The van der Waals surface area contributed by atoms with Crippen LogP contribution in [0.4, 0.5) is 5.69 Å². The fourth-order valence-corrected chi connectivity index (χ4v) is 6.23. The zero-order chi connectivity index (χ0) is 32.3. The van der Waals surface area contributed by atoms with Crippen LogP contribution in [0, 0.1) is 11.8 Å². The van der Waals surface area contributed by atoms with Crippen molar-refractivity contribution in [3.8, 4) is 5.75 Å². The Bertz CT molecular complexity index is 1260. The number of nitrogens with zero attached hydrogens (tertiary/aromatic N) is 2. The van der Waals surface area contributed by atoms with Crippen LogP contribution in [0.1, 0.15) is 92.9 Å². The lowest BCUT2D eigenvalue weighted by Crippen LogP contribution is -2.48. The summed E-state index contributed by atoms with van der Waals surface area (Å²) >= 11 is 0. The molecule has 2 N–H and O–H groups in total. The van der Waals surface area contributed by atoms with E-state index in [0.717, 1.165) is 51.4 Å². The Morgan fingerprint density at radius 3 is 2.44 bits per heavy atom. The number of fused-ring (bicyclic) bond motifs is 1. The molecular formula is C36H51N3O6. The smallest absolute Gasteiger partial charge is 0.258 e. The van der Waals surface area contributed by atoms with Crippen molar-refractivity contribution in [1.29, 1.82) is 0 Å². The minimum absolute atomic E-state index is 0.0133. The van der Waals surface area contributed by atoms with Crippen molar-refractivity contribution in [3.05, 3.63) is 59.7 Å². The van der Waals surface area contributed by atoms with Gasteiger partial charge in [-0.15, -0.1) is 0 Å². The molecule has 1 aliphatic carbocycles. The summed E-state index contributed by atoms with van der Waals surface area (Å²) < 4.78 is 12.7. The number of likely N-dealkylation sites (N-methyl/N-ethyl adjacent to an activating group) is 1. The quantitative estimate of drug-likeness (QED) is 0.406. The molecule has 2 aromatic rings. The summed E-state index contributed by atoms with van der Waals surface area (Å²) in [6, 6.07) is 14.0. The topological polar surface area (TPSA) is 108 Å². The second-order valence-electron chi connectivity index (χ2n) is 12.9. The van der Waals surface area contributed by atoms with Gasteiger partial charge in [0, 0.05) is 49.8 Å². The van der Waals surface area contributed by atoms with Crippen LogP contribution in [0.2, 0.25) is 0 Å². The van der Waals surface area contributed by atoms with Crippen molar-refractivity contribution in [3.63, 3.8) is 0 Å². The first kappa shape index (κ1) is 34.4. The Morgan fingerprint density at radius 2 is 1.73 bits per heavy atom. The maximum absolute atomic E-state index is 14.3. The molecule has 1 saturated carbocycles. The highest BCUT2D eigenvalue weighted by molar-refractivity contribution is 6.00. The SMILES string of the molecule is C[C@@H]1CCCCO[C@@H](CN(C)C(=O)c2ccccc2)[C@@H](C)CN([C@@H](C)CO)C(=O)c2cc(NC(=O)C3CCCCC3)ccc2O1. The summed E-state index contributed by atoms with van der Waals surface area (Å²) in [6.07, 6.45) is 7.05. The van der Waals surface area contributed by atoms with Gasteiger partial charge in [-0.3, -0.25) is 14.4 Å². The molecule has 3 amide bonds. The highest BCUT2D eigenvalue weighted by Crippen LogP contribution is 2.30. The molecule has 0 unspecified atom stereocenters. The van der Waals surface area contributed by atoms with E-state index in [9.17, 15) is 19.5 Å². The van der Waals surface area contributed by atoms with E-state index in [0.29, 0.717) is 42.3 Å². The summed E-state index contributed by atoms with van der Waals surface area (Å²) in [7, 11) is 1.77. The molecule has 45 heavy (non-hydrogen) atoms. The first-order valence-electron chi connectivity index (χ1n) is 16.6. The Labute approximate surface area is 268 Å². The molecular weight excluding hydrogens is 570 g/mol. The van der Waals surface area contributed by atoms with Crippen molar-refractivity contribution in [2.75, 3.05) is 38.7 Å². The number of anilines is 1. The van der Waals surface area contributed by atoms with Crippen LogP contribution >= 0.6 is 0 Å². The molecule has 1 aliphatic heterocycles. The van der Waals surface area contributed by atoms with Crippen molar-refractivity contribution in [1.82, 2.24) is 9.80 Å². The largest absolute Gasteiger partial charge is 0.490 e. The lowest BCUT2D eigenvalue weighted by molar-refractivity contribution is -0.120. The van der Waals surface area contributed by atoms with Gasteiger partial charge in [-0.1, -0.05) is 44.4 Å². The molecule has 1 heterocycles. The minimum Gasteiger partial charge on any atom is -0.490 e. The Balaban J connectivity index is 1.61. The molecule has 4 atom stereocenters. The van der Waals surface area contributed by atoms with Gasteiger partial charge in [0.15, 0.2) is 0 Å². The number of aliphatic hydroxyl groups is 1. The molecule has 2 aliphatic rings. The van der Waals surface area contributed by atoms with Gasteiger partial charge in [0.25, 0.3) is 11.8 Å². The number of nitrogens with one attached hydrogen (secondary N) is 1. The summed E-state index contributed by atoms with van der Waals surface area (Å²) in [5.41, 5.74) is 1.51. The number of amides is 3. The van der Waals surface area contributed by atoms with Crippen LogP contribution in [0.15, 0.2) is 48.5 Å². The summed E-state index contributed by atoms with van der Waals surface area (Å²) in [6.45, 7) is 6.78. The third-order valence-corrected chi connectivity index (χ3v) is 9.12. The molecule has 0 spiro atoms. The van der Waals surface area contributed by atoms with Crippen LogP contribution < -0.4 is 10.1 Å². The maximum atomic E-state index is 14.3. The van der Waals surface area contributed by atoms with Crippen LogP contribution in [-0.4, -0.2) is 84.2 Å². The number of aliphatic hydroxyl groups excluding tert-OH is 1. The predicted molar refractivity (Wildman–Crippen MR) is 175 cm³/mol. The monoisotopic (exact) mass is 621 g/mol. The molecule has 2 aromatic carbocycles. The minimum atomic E-state index is -0.483. The first-order valence-corrected chi connectivity index (χ1v) is 16.6. The highest BCUT2D eigenvalue weighted by atomic mass is 16.5. The van der Waals surface area contributed by atoms with E-state index in [1.54, 1.807) is 47.2 Å². The number of ether oxygens (including phenoxy) is 2. The fourth-order valence-electron chi connectivity index (χ4n) is 6.23. The Morgan fingerprint density at radius 1 is 1.02 bits per heavy atom. The third kappa shape index (κ3) is 9.53. The average molecular weight is 622 g/mol. The van der Waals surface area contributed by atoms with E-state index in [4.69, 9.17) is 9.47 Å². The fraction of sp³-hybridized carbons (Fsp3) is 0.583. The number of carbonyl (C=O) groups is 3. The van der Waals surface area contributed by atoms with Gasteiger partial charge in [-0.2, -0.15) is 0 Å². The van der Waals surface area contributed by atoms with Gasteiger partial charge < -0.3 is 29.7 Å². The summed E-state index contributed by atoms with van der Waals surface area (Å²) in [5.74, 6) is -0.108. The number of hydrogen-bond donors (Lipinski definition) is 2. The molecule has 0 radical (unpaired) electrons.